The number of halogens is 3. The van der Waals surface area contributed by atoms with Gasteiger partial charge >= 0.3 is 6.18 Å². The molecule has 8 heteroatoms. The zero-order chi connectivity index (χ0) is 19.6. The van der Waals surface area contributed by atoms with Gasteiger partial charge in [-0.05, 0) is 49.0 Å². The average molecular weight is 391 g/mol. The van der Waals surface area contributed by atoms with Gasteiger partial charge in [0.25, 0.3) is 5.91 Å². The second-order valence-corrected chi connectivity index (χ2v) is 6.42. The summed E-state index contributed by atoms with van der Waals surface area (Å²) in [6, 6.07) is 12.9. The Kier molecular flexibility index (Phi) is 5.18. The second-order valence-electron chi connectivity index (χ2n) is 6.01. The molecule has 0 aromatic heterocycles. The van der Waals surface area contributed by atoms with E-state index >= 15 is 0 Å². The maximum Gasteiger partial charge on any atom is 0.416 e. The van der Waals surface area contributed by atoms with E-state index in [4.69, 9.17) is 12.2 Å². The van der Waals surface area contributed by atoms with Crippen LogP contribution in [0.5, 0.6) is 0 Å². The molecule has 2 aromatic carbocycles. The van der Waals surface area contributed by atoms with E-state index in [2.05, 4.69) is 16.0 Å². The van der Waals surface area contributed by atoms with E-state index in [1.807, 2.05) is 6.07 Å². The van der Waals surface area contributed by atoms with Gasteiger partial charge in [-0.25, -0.2) is 0 Å². The molecule has 27 heavy (non-hydrogen) atoms. The molecule has 0 spiro atoms. The molecular weight excluding hydrogens is 375 g/mol. The summed E-state index contributed by atoms with van der Waals surface area (Å²) in [6.07, 6.45) is -4.42. The number of hydrogen-bond donors (Lipinski definition) is 3. The Hall–Kier alpha value is -2.87. The third-order valence-electron chi connectivity index (χ3n) is 4.12. The number of allylic oxidation sites excluding steroid dienone is 1. The molecule has 4 nitrogen and oxygen atoms in total. The molecule has 0 bridgehead atoms. The molecule has 0 unspecified atom stereocenters. The molecule has 140 valence electrons. The topological polar surface area (TPSA) is 53.2 Å². The standard InChI is InChI=1S/C19H16F3N3OS/c1-11-15(17(26)24-14-5-3-2-4-6-14)16(25-18(27)23-11)12-7-9-13(10-8-12)19(20,21)22/h2-10,16H,1H3,(H,24,26)(H2,23,25,27)/t16-/m1/s1. The van der Waals surface area contributed by atoms with Crippen molar-refractivity contribution in [3.63, 3.8) is 0 Å². The van der Waals surface area contributed by atoms with Crippen LogP contribution >= 0.6 is 12.2 Å². The van der Waals surface area contributed by atoms with Crippen molar-refractivity contribution in [1.82, 2.24) is 10.6 Å². The number of carbonyl (C=O) groups excluding carboxylic acids is 1. The largest absolute Gasteiger partial charge is 0.416 e. The van der Waals surface area contributed by atoms with E-state index in [1.165, 1.54) is 12.1 Å². The molecule has 3 rings (SSSR count). The quantitative estimate of drug-likeness (QED) is 0.689. The smallest absolute Gasteiger partial charge is 0.351 e. The minimum Gasteiger partial charge on any atom is -0.351 e. The number of alkyl halides is 3. The van der Waals surface area contributed by atoms with Gasteiger partial charge in [0.15, 0.2) is 5.11 Å². The predicted molar refractivity (Wildman–Crippen MR) is 101 cm³/mol. The summed E-state index contributed by atoms with van der Waals surface area (Å²) in [6.45, 7) is 1.70. The molecule has 1 heterocycles. The van der Waals surface area contributed by atoms with Crippen molar-refractivity contribution >= 4 is 28.9 Å². The molecule has 1 aliphatic rings. The van der Waals surface area contributed by atoms with Gasteiger partial charge in [-0.2, -0.15) is 13.2 Å². The van der Waals surface area contributed by atoms with E-state index < -0.39 is 17.8 Å². The highest BCUT2D eigenvalue weighted by molar-refractivity contribution is 7.80. The van der Waals surface area contributed by atoms with E-state index in [0.717, 1.165) is 12.1 Å². The van der Waals surface area contributed by atoms with Gasteiger partial charge in [0.05, 0.1) is 17.2 Å². The van der Waals surface area contributed by atoms with Crippen molar-refractivity contribution < 1.29 is 18.0 Å². The molecule has 1 amide bonds. The van der Waals surface area contributed by atoms with Gasteiger partial charge in [-0.15, -0.1) is 0 Å². The first-order valence-electron chi connectivity index (χ1n) is 8.07. The molecule has 1 aliphatic heterocycles. The van der Waals surface area contributed by atoms with E-state index in [1.54, 1.807) is 31.2 Å². The van der Waals surface area contributed by atoms with Crippen LogP contribution in [0.2, 0.25) is 0 Å². The average Bonchev–Trinajstić information content (AvgIpc) is 2.61. The zero-order valence-corrected chi connectivity index (χ0v) is 15.0. The first-order valence-corrected chi connectivity index (χ1v) is 8.48. The maximum absolute atomic E-state index is 12.8. The van der Waals surface area contributed by atoms with Gasteiger partial charge in [-0.1, -0.05) is 30.3 Å². The lowest BCUT2D eigenvalue weighted by atomic mass is 9.94. The Labute approximate surface area is 159 Å². The summed E-state index contributed by atoms with van der Waals surface area (Å²) >= 11 is 5.15. The van der Waals surface area contributed by atoms with Gasteiger partial charge in [0, 0.05) is 11.4 Å². The minimum absolute atomic E-state index is 0.300. The molecule has 0 radical (unpaired) electrons. The molecule has 0 fully saturated rings. The molecular formula is C19H16F3N3OS. The second kappa shape index (κ2) is 7.40. The summed E-state index contributed by atoms with van der Waals surface area (Å²) in [7, 11) is 0. The Morgan fingerprint density at radius 1 is 1.07 bits per heavy atom. The fourth-order valence-corrected chi connectivity index (χ4v) is 3.10. The molecule has 0 aliphatic carbocycles. The minimum atomic E-state index is -4.42. The number of thiocarbonyl (C=S) groups is 1. The lowest BCUT2D eigenvalue weighted by Crippen LogP contribution is -2.45. The van der Waals surface area contributed by atoms with Crippen LogP contribution in [0.15, 0.2) is 65.9 Å². The van der Waals surface area contributed by atoms with Crippen LogP contribution in [0.4, 0.5) is 18.9 Å². The summed E-state index contributed by atoms with van der Waals surface area (Å²) < 4.78 is 38.4. The molecule has 0 saturated heterocycles. The highest BCUT2D eigenvalue weighted by Crippen LogP contribution is 2.32. The zero-order valence-electron chi connectivity index (χ0n) is 14.2. The molecule has 1 atom stereocenters. The number of anilines is 1. The fourth-order valence-electron chi connectivity index (χ4n) is 2.83. The number of amides is 1. The van der Waals surface area contributed by atoms with E-state index in [9.17, 15) is 18.0 Å². The normalized spacial score (nSPS) is 17.2. The summed E-state index contributed by atoms with van der Waals surface area (Å²) in [5.41, 5.74) is 1.26. The van der Waals surface area contributed by atoms with E-state index in [0.29, 0.717) is 27.6 Å². The highest BCUT2D eigenvalue weighted by Gasteiger charge is 2.33. The highest BCUT2D eigenvalue weighted by atomic mass is 32.1. The maximum atomic E-state index is 12.8. The number of nitrogens with one attached hydrogen (secondary N) is 3. The van der Waals surface area contributed by atoms with Crippen molar-refractivity contribution in [3.05, 3.63) is 77.0 Å². The Morgan fingerprint density at radius 2 is 1.70 bits per heavy atom. The Bertz CT molecular complexity index is 893. The van der Waals surface area contributed by atoms with Crippen LogP contribution in [-0.4, -0.2) is 11.0 Å². The summed E-state index contributed by atoms with van der Waals surface area (Å²) in [5.74, 6) is -0.369. The molecule has 3 N–H and O–H groups in total. The SMILES string of the molecule is CC1=C(C(=O)Nc2ccccc2)[C@@H](c2ccc(C(F)(F)F)cc2)NC(=S)N1. The number of para-hydroxylation sites is 1. The molecule has 2 aromatic rings. The van der Waals surface area contributed by atoms with Crippen molar-refractivity contribution in [2.24, 2.45) is 0 Å². The van der Waals surface area contributed by atoms with E-state index in [-0.39, 0.29) is 5.91 Å². The van der Waals surface area contributed by atoms with Crippen molar-refractivity contribution in [2.45, 2.75) is 19.1 Å². The first-order chi connectivity index (χ1) is 12.8. The summed E-state index contributed by atoms with van der Waals surface area (Å²) in [4.78, 5) is 12.8. The number of hydrogen-bond acceptors (Lipinski definition) is 2. The number of carbonyl (C=O) groups is 1. The van der Waals surface area contributed by atoms with Crippen molar-refractivity contribution in [3.8, 4) is 0 Å². The van der Waals surface area contributed by atoms with Gasteiger partial charge in [-0.3, -0.25) is 4.79 Å². The van der Waals surface area contributed by atoms with Crippen LogP contribution in [0.3, 0.4) is 0 Å². The lowest BCUT2D eigenvalue weighted by molar-refractivity contribution is -0.137. The van der Waals surface area contributed by atoms with Crippen LogP contribution in [0.25, 0.3) is 0 Å². The van der Waals surface area contributed by atoms with Gasteiger partial charge < -0.3 is 16.0 Å². The Morgan fingerprint density at radius 3 is 2.30 bits per heavy atom. The predicted octanol–water partition coefficient (Wildman–Crippen LogP) is 4.14. The van der Waals surface area contributed by atoms with Crippen LogP contribution < -0.4 is 16.0 Å². The van der Waals surface area contributed by atoms with Gasteiger partial charge in [0.1, 0.15) is 0 Å². The molecule has 0 saturated carbocycles. The fraction of sp³-hybridized carbons (Fsp3) is 0.158. The van der Waals surface area contributed by atoms with Crippen LogP contribution in [-0.2, 0) is 11.0 Å². The third-order valence-corrected chi connectivity index (χ3v) is 4.34. The van der Waals surface area contributed by atoms with Crippen molar-refractivity contribution in [2.75, 3.05) is 5.32 Å². The Balaban J connectivity index is 1.93. The third kappa shape index (κ3) is 4.28. The monoisotopic (exact) mass is 391 g/mol. The van der Waals surface area contributed by atoms with Crippen molar-refractivity contribution in [1.29, 1.82) is 0 Å². The summed E-state index contributed by atoms with van der Waals surface area (Å²) in [5, 5.41) is 8.94. The first kappa shape index (κ1) is 18.9. The lowest BCUT2D eigenvalue weighted by Gasteiger charge is -2.30. The van der Waals surface area contributed by atoms with Crippen LogP contribution in [0, 0.1) is 0 Å². The number of benzene rings is 2. The van der Waals surface area contributed by atoms with Gasteiger partial charge in [0.2, 0.25) is 0 Å². The number of rotatable bonds is 3. The van der Waals surface area contributed by atoms with Crippen LogP contribution in [0.1, 0.15) is 24.1 Å².